The maximum Gasteiger partial charge on any atom is 0.218 e. The zero-order chi connectivity index (χ0) is 14.7. The van der Waals surface area contributed by atoms with Crippen molar-refractivity contribution in [3.8, 4) is 11.6 Å². The minimum Gasteiger partial charge on any atom is -0.496 e. The van der Waals surface area contributed by atoms with Gasteiger partial charge in [0.25, 0.3) is 0 Å². The van der Waals surface area contributed by atoms with Crippen molar-refractivity contribution in [2.75, 3.05) is 19.0 Å². The number of benzene rings is 1. The summed E-state index contributed by atoms with van der Waals surface area (Å²) in [4.78, 5) is 8.35. The van der Waals surface area contributed by atoms with Crippen molar-refractivity contribution < 1.29 is 9.47 Å². The highest BCUT2D eigenvalue weighted by molar-refractivity contribution is 5.49. The van der Waals surface area contributed by atoms with Gasteiger partial charge in [0.2, 0.25) is 5.88 Å². The van der Waals surface area contributed by atoms with Crippen molar-refractivity contribution in [3.05, 3.63) is 41.7 Å². The molecule has 5 heteroatoms. The molecule has 0 amide bonds. The number of hydrogen-bond donors (Lipinski definition) is 1. The van der Waals surface area contributed by atoms with E-state index in [1.165, 1.54) is 17.5 Å². The Balaban J connectivity index is 1.81. The second-order valence-electron chi connectivity index (χ2n) is 4.94. The summed E-state index contributed by atoms with van der Waals surface area (Å²) in [7, 11) is 1.72. The SMILES string of the molecule is CCOc1cc(NC2CCc3c(OC)cccc32)ncn1. The van der Waals surface area contributed by atoms with Gasteiger partial charge >= 0.3 is 0 Å². The predicted octanol–water partition coefficient (Wildman–Crippen LogP) is 2.98. The minimum absolute atomic E-state index is 0.250. The van der Waals surface area contributed by atoms with Gasteiger partial charge in [-0.2, -0.15) is 0 Å². The van der Waals surface area contributed by atoms with Gasteiger partial charge in [0, 0.05) is 6.07 Å². The molecule has 1 atom stereocenters. The van der Waals surface area contributed by atoms with Gasteiger partial charge in [-0.15, -0.1) is 0 Å². The van der Waals surface area contributed by atoms with E-state index in [2.05, 4.69) is 21.4 Å². The van der Waals surface area contributed by atoms with Crippen LogP contribution in [-0.4, -0.2) is 23.7 Å². The van der Waals surface area contributed by atoms with Crippen LogP contribution in [0.5, 0.6) is 11.6 Å². The Morgan fingerprint density at radius 3 is 3.05 bits per heavy atom. The Morgan fingerprint density at radius 2 is 2.24 bits per heavy atom. The van der Waals surface area contributed by atoms with E-state index >= 15 is 0 Å². The highest BCUT2D eigenvalue weighted by atomic mass is 16.5. The standard InChI is InChI=1S/C16H19N3O2/c1-3-21-16-9-15(17-10-18-16)19-13-8-7-12-11(13)5-4-6-14(12)20-2/h4-6,9-10,13H,3,7-8H2,1-2H3,(H,17,18,19). The normalized spacial score (nSPS) is 16.4. The van der Waals surface area contributed by atoms with Gasteiger partial charge < -0.3 is 14.8 Å². The molecule has 1 aromatic heterocycles. The third-order valence-corrected chi connectivity index (χ3v) is 3.70. The quantitative estimate of drug-likeness (QED) is 0.915. The molecule has 110 valence electrons. The first kappa shape index (κ1) is 13.7. The van der Waals surface area contributed by atoms with Crippen LogP contribution in [0.2, 0.25) is 0 Å². The zero-order valence-corrected chi connectivity index (χ0v) is 12.3. The fraction of sp³-hybridized carbons (Fsp3) is 0.375. The molecule has 2 aromatic rings. The molecule has 1 aliphatic carbocycles. The van der Waals surface area contributed by atoms with Gasteiger partial charge in [-0.25, -0.2) is 9.97 Å². The van der Waals surface area contributed by atoms with Crippen LogP contribution < -0.4 is 14.8 Å². The molecule has 1 aliphatic rings. The molecule has 0 aliphatic heterocycles. The molecule has 0 bridgehead atoms. The summed E-state index contributed by atoms with van der Waals surface area (Å²) >= 11 is 0. The molecule has 0 saturated heterocycles. The van der Waals surface area contributed by atoms with E-state index in [0.717, 1.165) is 24.4 Å². The molecule has 1 heterocycles. The molecule has 5 nitrogen and oxygen atoms in total. The Morgan fingerprint density at radius 1 is 1.33 bits per heavy atom. The van der Waals surface area contributed by atoms with E-state index in [9.17, 15) is 0 Å². The highest BCUT2D eigenvalue weighted by Crippen LogP contribution is 2.38. The van der Waals surface area contributed by atoms with Crippen LogP contribution in [0.1, 0.15) is 30.5 Å². The average Bonchev–Trinajstić information content (AvgIpc) is 2.91. The number of rotatable bonds is 5. The first-order chi connectivity index (χ1) is 10.3. The largest absolute Gasteiger partial charge is 0.496 e. The molecule has 1 unspecified atom stereocenters. The highest BCUT2D eigenvalue weighted by Gasteiger charge is 2.25. The third-order valence-electron chi connectivity index (χ3n) is 3.70. The maximum absolute atomic E-state index is 5.43. The van der Waals surface area contributed by atoms with Crippen LogP contribution >= 0.6 is 0 Å². The zero-order valence-electron chi connectivity index (χ0n) is 12.3. The van der Waals surface area contributed by atoms with Gasteiger partial charge in [0.1, 0.15) is 17.9 Å². The molecular formula is C16H19N3O2. The van der Waals surface area contributed by atoms with Crippen molar-refractivity contribution in [1.82, 2.24) is 9.97 Å². The van der Waals surface area contributed by atoms with E-state index in [-0.39, 0.29) is 6.04 Å². The molecule has 1 aromatic carbocycles. The third kappa shape index (κ3) is 2.77. The second-order valence-corrected chi connectivity index (χ2v) is 4.94. The summed E-state index contributed by atoms with van der Waals surface area (Å²) < 4.78 is 10.8. The van der Waals surface area contributed by atoms with E-state index in [0.29, 0.717) is 12.5 Å². The van der Waals surface area contributed by atoms with Gasteiger partial charge in [-0.3, -0.25) is 0 Å². The lowest BCUT2D eigenvalue weighted by Crippen LogP contribution is -2.09. The van der Waals surface area contributed by atoms with Crippen LogP contribution in [0.15, 0.2) is 30.6 Å². The summed E-state index contributed by atoms with van der Waals surface area (Å²) in [5, 5.41) is 3.46. The monoisotopic (exact) mass is 285 g/mol. The van der Waals surface area contributed by atoms with Crippen LogP contribution in [-0.2, 0) is 6.42 Å². The lowest BCUT2D eigenvalue weighted by Gasteiger charge is -2.15. The summed E-state index contributed by atoms with van der Waals surface area (Å²) in [5.74, 6) is 2.35. The van der Waals surface area contributed by atoms with Gasteiger partial charge in [-0.05, 0) is 37.0 Å². The molecule has 0 saturated carbocycles. The number of nitrogens with zero attached hydrogens (tertiary/aromatic N) is 2. The summed E-state index contributed by atoms with van der Waals surface area (Å²) in [6.07, 6.45) is 3.57. The minimum atomic E-state index is 0.250. The number of aromatic nitrogens is 2. The van der Waals surface area contributed by atoms with Crippen LogP contribution in [0.4, 0.5) is 5.82 Å². The van der Waals surface area contributed by atoms with Gasteiger partial charge in [0.15, 0.2) is 0 Å². The van der Waals surface area contributed by atoms with E-state index in [4.69, 9.17) is 9.47 Å². The van der Waals surface area contributed by atoms with Crippen molar-refractivity contribution in [2.24, 2.45) is 0 Å². The maximum atomic E-state index is 5.43. The molecule has 0 radical (unpaired) electrons. The Labute approximate surface area is 124 Å². The summed E-state index contributed by atoms with van der Waals surface area (Å²) in [6.45, 7) is 2.54. The number of hydrogen-bond acceptors (Lipinski definition) is 5. The van der Waals surface area contributed by atoms with Crippen molar-refractivity contribution >= 4 is 5.82 Å². The molecule has 3 rings (SSSR count). The summed E-state index contributed by atoms with van der Waals surface area (Å²) in [5.41, 5.74) is 2.57. The van der Waals surface area contributed by atoms with Crippen LogP contribution in [0.3, 0.4) is 0 Å². The predicted molar refractivity (Wildman–Crippen MR) is 80.9 cm³/mol. The van der Waals surface area contributed by atoms with Gasteiger partial charge in [0.05, 0.1) is 19.8 Å². The van der Waals surface area contributed by atoms with Crippen molar-refractivity contribution in [1.29, 1.82) is 0 Å². The number of methoxy groups -OCH3 is 1. The van der Waals surface area contributed by atoms with E-state index < -0.39 is 0 Å². The topological polar surface area (TPSA) is 56.3 Å². The molecule has 0 fully saturated rings. The van der Waals surface area contributed by atoms with E-state index in [1.54, 1.807) is 7.11 Å². The van der Waals surface area contributed by atoms with Gasteiger partial charge in [-0.1, -0.05) is 12.1 Å². The van der Waals surface area contributed by atoms with Crippen LogP contribution in [0, 0.1) is 0 Å². The first-order valence-electron chi connectivity index (χ1n) is 7.19. The second kappa shape index (κ2) is 5.99. The molecule has 1 N–H and O–H groups in total. The number of ether oxygens (including phenoxy) is 2. The van der Waals surface area contributed by atoms with E-state index in [1.807, 2.05) is 25.1 Å². The first-order valence-corrected chi connectivity index (χ1v) is 7.19. The fourth-order valence-corrected chi connectivity index (χ4v) is 2.79. The fourth-order valence-electron chi connectivity index (χ4n) is 2.79. The Kier molecular flexibility index (Phi) is 3.90. The Hall–Kier alpha value is -2.30. The average molecular weight is 285 g/mol. The molecular weight excluding hydrogens is 266 g/mol. The van der Waals surface area contributed by atoms with Crippen molar-refractivity contribution in [2.45, 2.75) is 25.8 Å². The summed E-state index contributed by atoms with van der Waals surface area (Å²) in [6, 6.07) is 8.27. The lowest BCUT2D eigenvalue weighted by atomic mass is 10.1. The molecule has 0 spiro atoms. The van der Waals surface area contributed by atoms with Crippen LogP contribution in [0.25, 0.3) is 0 Å². The Bertz CT molecular complexity index is 631. The number of anilines is 1. The molecule has 21 heavy (non-hydrogen) atoms. The van der Waals surface area contributed by atoms with Crippen molar-refractivity contribution in [3.63, 3.8) is 0 Å². The smallest absolute Gasteiger partial charge is 0.218 e. The number of nitrogens with one attached hydrogen (secondary N) is 1. The lowest BCUT2D eigenvalue weighted by molar-refractivity contribution is 0.326. The number of fused-ring (bicyclic) bond motifs is 1.